The maximum Gasteiger partial charge on any atom is 0.134 e. The molecule has 2 heteroatoms. The van der Waals surface area contributed by atoms with Crippen LogP contribution in [-0.2, 0) is 4.79 Å². The average molecular weight is 237 g/mol. The number of hydrogen-bond acceptors (Lipinski definition) is 2. The second kappa shape index (κ2) is 5.51. The van der Waals surface area contributed by atoms with Gasteiger partial charge in [0.25, 0.3) is 0 Å². The van der Waals surface area contributed by atoms with Gasteiger partial charge in [-0.3, -0.25) is 9.69 Å². The van der Waals surface area contributed by atoms with Gasteiger partial charge in [0.2, 0.25) is 0 Å². The van der Waals surface area contributed by atoms with Crippen LogP contribution in [0.3, 0.4) is 0 Å². The lowest BCUT2D eigenvalue weighted by Gasteiger charge is -2.44. The number of hydrogen-bond donors (Lipinski definition) is 0. The summed E-state index contributed by atoms with van der Waals surface area (Å²) < 4.78 is 0. The third-order valence-electron chi connectivity index (χ3n) is 5.33. The van der Waals surface area contributed by atoms with E-state index >= 15 is 0 Å². The summed E-state index contributed by atoms with van der Waals surface area (Å²) in [6.07, 6.45) is 9.34. The molecule has 1 aliphatic carbocycles. The van der Waals surface area contributed by atoms with Crippen molar-refractivity contribution in [3.63, 3.8) is 0 Å². The first-order valence-corrected chi connectivity index (χ1v) is 7.45. The summed E-state index contributed by atoms with van der Waals surface area (Å²) in [5, 5.41) is 0. The van der Waals surface area contributed by atoms with Crippen molar-refractivity contribution in [3.05, 3.63) is 0 Å². The molecule has 98 valence electrons. The number of Topliss-reactive ketones (excluding diaryl/α,β-unsaturated/α-hetero) is 1. The summed E-state index contributed by atoms with van der Waals surface area (Å²) >= 11 is 0. The van der Waals surface area contributed by atoms with Gasteiger partial charge in [0, 0.05) is 18.9 Å². The highest BCUT2D eigenvalue weighted by Gasteiger charge is 2.34. The highest BCUT2D eigenvalue weighted by molar-refractivity contribution is 5.79. The van der Waals surface area contributed by atoms with Crippen LogP contribution < -0.4 is 0 Å². The zero-order valence-corrected chi connectivity index (χ0v) is 11.5. The number of ketones is 1. The van der Waals surface area contributed by atoms with E-state index in [1.807, 2.05) is 0 Å². The minimum atomic E-state index is 0.490. The van der Waals surface area contributed by atoms with Crippen LogP contribution in [-0.4, -0.2) is 29.8 Å². The van der Waals surface area contributed by atoms with Gasteiger partial charge in [-0.25, -0.2) is 0 Å². The standard InChI is InChI=1S/C15H27NO/c1-3-15(4-2)8-10-16(11-9-15)13-6-5-7-14(17)12-13/h13H,3-12H2,1-2H3. The predicted octanol–water partition coefficient (Wildman–Crippen LogP) is 3.40. The zero-order valence-electron chi connectivity index (χ0n) is 11.5. The van der Waals surface area contributed by atoms with Crippen LogP contribution in [0.2, 0.25) is 0 Å². The topological polar surface area (TPSA) is 20.3 Å². The lowest BCUT2D eigenvalue weighted by atomic mass is 9.73. The molecular weight excluding hydrogens is 210 g/mol. The van der Waals surface area contributed by atoms with E-state index in [2.05, 4.69) is 18.7 Å². The molecule has 0 aromatic carbocycles. The molecule has 1 saturated carbocycles. The third kappa shape index (κ3) is 2.90. The smallest absolute Gasteiger partial charge is 0.134 e. The van der Waals surface area contributed by atoms with Gasteiger partial charge in [-0.2, -0.15) is 0 Å². The monoisotopic (exact) mass is 237 g/mol. The summed E-state index contributed by atoms with van der Waals surface area (Å²) in [5.41, 5.74) is 0.606. The number of piperidine rings is 1. The van der Waals surface area contributed by atoms with E-state index in [9.17, 15) is 4.79 Å². The maximum absolute atomic E-state index is 11.5. The van der Waals surface area contributed by atoms with E-state index < -0.39 is 0 Å². The Balaban J connectivity index is 1.88. The summed E-state index contributed by atoms with van der Waals surface area (Å²) in [7, 11) is 0. The normalized spacial score (nSPS) is 30.5. The van der Waals surface area contributed by atoms with Crippen LogP contribution in [0.4, 0.5) is 0 Å². The Morgan fingerprint density at radius 3 is 2.41 bits per heavy atom. The molecule has 0 bridgehead atoms. The van der Waals surface area contributed by atoms with Crippen molar-refractivity contribution >= 4 is 5.78 Å². The minimum absolute atomic E-state index is 0.490. The highest BCUT2D eigenvalue weighted by Crippen LogP contribution is 2.39. The van der Waals surface area contributed by atoms with Crippen molar-refractivity contribution in [2.75, 3.05) is 13.1 Å². The molecule has 2 fully saturated rings. The molecule has 1 heterocycles. The average Bonchev–Trinajstić information content (AvgIpc) is 2.39. The predicted molar refractivity (Wildman–Crippen MR) is 71.1 cm³/mol. The molecule has 2 aliphatic rings. The fourth-order valence-electron chi connectivity index (χ4n) is 3.63. The Kier molecular flexibility index (Phi) is 4.24. The molecule has 0 spiro atoms. The first kappa shape index (κ1) is 13.1. The maximum atomic E-state index is 11.5. The van der Waals surface area contributed by atoms with Gasteiger partial charge in [-0.05, 0) is 44.2 Å². The van der Waals surface area contributed by atoms with Crippen molar-refractivity contribution in [2.24, 2.45) is 5.41 Å². The third-order valence-corrected chi connectivity index (χ3v) is 5.33. The molecule has 17 heavy (non-hydrogen) atoms. The van der Waals surface area contributed by atoms with Crippen LogP contribution in [0.5, 0.6) is 0 Å². The molecule has 1 aliphatic heterocycles. The van der Waals surface area contributed by atoms with E-state index in [4.69, 9.17) is 0 Å². The summed E-state index contributed by atoms with van der Waals surface area (Å²) in [4.78, 5) is 14.1. The van der Waals surface area contributed by atoms with E-state index in [-0.39, 0.29) is 0 Å². The number of rotatable bonds is 3. The Bertz CT molecular complexity index is 260. The zero-order chi connectivity index (χ0) is 12.3. The first-order valence-electron chi connectivity index (χ1n) is 7.45. The second-order valence-corrected chi connectivity index (χ2v) is 6.03. The molecule has 0 N–H and O–H groups in total. The molecule has 1 saturated heterocycles. The fourth-order valence-corrected chi connectivity index (χ4v) is 3.63. The first-order chi connectivity index (χ1) is 8.19. The molecular formula is C15H27NO. The Morgan fingerprint density at radius 1 is 1.24 bits per heavy atom. The minimum Gasteiger partial charge on any atom is -0.300 e. The summed E-state index contributed by atoms with van der Waals surface area (Å²) in [5.74, 6) is 0.490. The van der Waals surface area contributed by atoms with E-state index in [1.165, 1.54) is 45.2 Å². The van der Waals surface area contributed by atoms with Crippen LogP contribution in [0.1, 0.15) is 65.2 Å². The molecule has 0 radical (unpaired) electrons. The number of carbonyl (C=O) groups excluding carboxylic acids is 1. The summed E-state index contributed by atoms with van der Waals surface area (Å²) in [6.45, 7) is 7.12. The van der Waals surface area contributed by atoms with Gasteiger partial charge in [-0.1, -0.05) is 26.7 Å². The molecule has 0 aromatic rings. The van der Waals surface area contributed by atoms with Gasteiger partial charge in [0.05, 0.1) is 0 Å². The Labute approximate surface area is 106 Å². The van der Waals surface area contributed by atoms with Crippen molar-refractivity contribution < 1.29 is 4.79 Å². The van der Waals surface area contributed by atoms with E-state index in [0.717, 1.165) is 19.3 Å². The summed E-state index contributed by atoms with van der Waals surface area (Å²) in [6, 6.07) is 0.572. The lowest BCUT2D eigenvalue weighted by Crippen LogP contribution is -2.46. The number of carbonyl (C=O) groups is 1. The molecule has 1 atom stereocenters. The largest absolute Gasteiger partial charge is 0.300 e. The molecule has 2 nitrogen and oxygen atoms in total. The van der Waals surface area contributed by atoms with Gasteiger partial charge in [-0.15, -0.1) is 0 Å². The van der Waals surface area contributed by atoms with Crippen LogP contribution in [0, 0.1) is 5.41 Å². The number of likely N-dealkylation sites (tertiary alicyclic amines) is 1. The van der Waals surface area contributed by atoms with Gasteiger partial charge in [0.15, 0.2) is 0 Å². The Hall–Kier alpha value is -0.370. The molecule has 1 unspecified atom stereocenters. The quantitative estimate of drug-likeness (QED) is 0.750. The van der Waals surface area contributed by atoms with Crippen LogP contribution in [0.25, 0.3) is 0 Å². The Morgan fingerprint density at radius 2 is 1.88 bits per heavy atom. The highest BCUT2D eigenvalue weighted by atomic mass is 16.1. The fraction of sp³-hybridized carbons (Fsp3) is 0.933. The molecule has 2 rings (SSSR count). The number of nitrogens with zero attached hydrogens (tertiary/aromatic N) is 1. The van der Waals surface area contributed by atoms with E-state index in [1.54, 1.807) is 0 Å². The molecule has 0 amide bonds. The lowest BCUT2D eigenvalue weighted by molar-refractivity contribution is -0.122. The van der Waals surface area contributed by atoms with E-state index in [0.29, 0.717) is 17.2 Å². The van der Waals surface area contributed by atoms with Gasteiger partial charge < -0.3 is 0 Å². The molecule has 0 aromatic heterocycles. The van der Waals surface area contributed by atoms with Crippen molar-refractivity contribution in [1.29, 1.82) is 0 Å². The van der Waals surface area contributed by atoms with Crippen molar-refractivity contribution in [2.45, 2.75) is 71.3 Å². The van der Waals surface area contributed by atoms with Crippen LogP contribution >= 0.6 is 0 Å². The second-order valence-electron chi connectivity index (χ2n) is 6.03. The van der Waals surface area contributed by atoms with Crippen molar-refractivity contribution in [3.8, 4) is 0 Å². The van der Waals surface area contributed by atoms with Crippen molar-refractivity contribution in [1.82, 2.24) is 4.90 Å². The SMILES string of the molecule is CCC1(CC)CCN(C2CCCC(=O)C2)CC1. The van der Waals surface area contributed by atoms with Gasteiger partial charge >= 0.3 is 0 Å². The van der Waals surface area contributed by atoms with Crippen LogP contribution in [0.15, 0.2) is 0 Å². The van der Waals surface area contributed by atoms with Gasteiger partial charge in [0.1, 0.15) is 5.78 Å².